The molecule has 2 heterocycles. The van der Waals surface area contributed by atoms with E-state index in [2.05, 4.69) is 30.4 Å². The first-order valence-corrected chi connectivity index (χ1v) is 7.43. The first-order valence-electron chi connectivity index (χ1n) is 6.89. The minimum Gasteiger partial charge on any atom is -0.307 e. The van der Waals surface area contributed by atoms with Crippen molar-refractivity contribution >= 4 is 22.8 Å². The van der Waals surface area contributed by atoms with Gasteiger partial charge in [0.05, 0.1) is 5.69 Å². The van der Waals surface area contributed by atoms with Gasteiger partial charge < -0.3 is 4.57 Å². The van der Waals surface area contributed by atoms with Crippen molar-refractivity contribution in [2.75, 3.05) is 5.88 Å². The van der Waals surface area contributed by atoms with Crippen molar-refractivity contribution in [2.45, 2.75) is 52.5 Å². The molecule has 0 saturated heterocycles. The summed E-state index contributed by atoms with van der Waals surface area (Å²) in [5, 5.41) is 4.49. The highest BCUT2D eigenvalue weighted by Gasteiger charge is 2.27. The lowest BCUT2D eigenvalue weighted by Crippen LogP contribution is -2.29. The van der Waals surface area contributed by atoms with E-state index in [1.54, 1.807) is 0 Å². The molecule has 0 bridgehead atoms. The van der Waals surface area contributed by atoms with Crippen LogP contribution in [0.4, 0.5) is 0 Å². The third-order valence-electron chi connectivity index (χ3n) is 3.66. The number of hydrogen-bond donors (Lipinski definition) is 0. The van der Waals surface area contributed by atoms with Crippen LogP contribution < -0.4 is 0 Å². The fraction of sp³-hybridized carbons (Fsp3) is 0.714. The number of rotatable bonds is 5. The quantitative estimate of drug-likeness (QED) is 0.788. The molecule has 0 aliphatic rings. The number of hydrogen-bond acceptors (Lipinski definition) is 2. The summed E-state index contributed by atoms with van der Waals surface area (Å²) >= 11 is 5.93. The minimum absolute atomic E-state index is 0.0329. The summed E-state index contributed by atoms with van der Waals surface area (Å²) in [6.45, 7) is 8.75. The fourth-order valence-corrected chi connectivity index (χ4v) is 3.10. The molecule has 0 radical (unpaired) electrons. The Morgan fingerprint density at radius 2 is 2.00 bits per heavy atom. The van der Waals surface area contributed by atoms with E-state index in [9.17, 15) is 0 Å². The van der Waals surface area contributed by atoms with Crippen molar-refractivity contribution in [3.63, 3.8) is 0 Å². The zero-order valence-electron chi connectivity index (χ0n) is 12.5. The largest absolute Gasteiger partial charge is 0.307 e. The zero-order chi connectivity index (χ0) is 14.2. The Balaban J connectivity index is 2.70. The summed E-state index contributed by atoms with van der Waals surface area (Å²) < 4.78 is 4.26. The Kier molecular flexibility index (Phi) is 3.90. The van der Waals surface area contributed by atoms with Gasteiger partial charge in [0.2, 0.25) is 0 Å². The Labute approximate surface area is 119 Å². The van der Waals surface area contributed by atoms with Crippen LogP contribution >= 0.6 is 11.6 Å². The highest BCUT2D eigenvalue weighted by Crippen LogP contribution is 2.30. The molecule has 0 atom stereocenters. The highest BCUT2D eigenvalue weighted by molar-refractivity contribution is 6.17. The van der Waals surface area contributed by atoms with Gasteiger partial charge in [0.25, 0.3) is 0 Å². The number of aryl methyl sites for hydroxylation is 3. The summed E-state index contributed by atoms with van der Waals surface area (Å²) in [4.78, 5) is 4.77. The van der Waals surface area contributed by atoms with Gasteiger partial charge in [-0.15, -0.1) is 11.6 Å². The molecule has 4 nitrogen and oxygen atoms in total. The molecule has 0 saturated carbocycles. The molecule has 2 aromatic rings. The molecule has 0 amide bonds. The maximum atomic E-state index is 5.93. The van der Waals surface area contributed by atoms with E-state index in [4.69, 9.17) is 16.6 Å². The minimum atomic E-state index is 0.0329. The Morgan fingerprint density at radius 1 is 1.32 bits per heavy atom. The first kappa shape index (κ1) is 14.4. The molecule has 0 aliphatic heterocycles. The summed E-state index contributed by atoms with van der Waals surface area (Å²) in [6, 6.07) is 0. The van der Waals surface area contributed by atoms with Crippen LogP contribution in [0.25, 0.3) is 11.2 Å². The van der Waals surface area contributed by atoms with Gasteiger partial charge >= 0.3 is 0 Å². The maximum absolute atomic E-state index is 5.93. The second-order valence-electron chi connectivity index (χ2n) is 5.75. The van der Waals surface area contributed by atoms with Crippen molar-refractivity contribution < 1.29 is 0 Å². The van der Waals surface area contributed by atoms with Gasteiger partial charge in [0, 0.05) is 24.9 Å². The van der Waals surface area contributed by atoms with Crippen LogP contribution in [-0.4, -0.2) is 25.2 Å². The molecular weight excluding hydrogens is 260 g/mol. The van der Waals surface area contributed by atoms with Crippen molar-refractivity contribution in [3.8, 4) is 0 Å². The zero-order valence-corrected chi connectivity index (χ0v) is 13.3. The van der Waals surface area contributed by atoms with E-state index < -0.39 is 0 Å². The number of imidazole rings is 1. The van der Waals surface area contributed by atoms with Crippen molar-refractivity contribution in [2.24, 2.45) is 7.05 Å². The SMILES string of the molecule is CCCC(C)(C)n1c(CCCl)nc2c(C)nn(C)c21. The lowest BCUT2D eigenvalue weighted by atomic mass is 9.98. The number of fused-ring (bicyclic) bond motifs is 1. The molecule has 2 rings (SSSR count). The first-order chi connectivity index (χ1) is 8.92. The molecule has 2 aromatic heterocycles. The molecular formula is C14H23ClN4. The smallest absolute Gasteiger partial charge is 0.159 e. The van der Waals surface area contributed by atoms with E-state index in [1.165, 1.54) is 0 Å². The monoisotopic (exact) mass is 282 g/mol. The Morgan fingerprint density at radius 3 is 2.58 bits per heavy atom. The second-order valence-corrected chi connectivity index (χ2v) is 6.12. The van der Waals surface area contributed by atoms with E-state index in [0.29, 0.717) is 5.88 Å². The van der Waals surface area contributed by atoms with E-state index in [1.807, 2.05) is 18.7 Å². The van der Waals surface area contributed by atoms with Gasteiger partial charge in [-0.05, 0) is 27.2 Å². The van der Waals surface area contributed by atoms with Crippen LogP contribution in [0, 0.1) is 6.92 Å². The van der Waals surface area contributed by atoms with Gasteiger partial charge in [0.1, 0.15) is 11.3 Å². The standard InChI is InChI=1S/C14H23ClN4/c1-6-8-14(3,4)19-11(7-9-15)16-12-10(2)17-18(5)13(12)19/h6-9H2,1-5H3. The molecule has 19 heavy (non-hydrogen) atoms. The summed E-state index contributed by atoms with van der Waals surface area (Å²) in [5.74, 6) is 1.66. The average Bonchev–Trinajstić information content (AvgIpc) is 2.80. The number of aromatic nitrogens is 4. The van der Waals surface area contributed by atoms with Gasteiger partial charge in [-0.2, -0.15) is 5.10 Å². The number of halogens is 1. The highest BCUT2D eigenvalue weighted by atomic mass is 35.5. The molecule has 106 valence electrons. The Hall–Kier alpha value is -1.03. The maximum Gasteiger partial charge on any atom is 0.159 e. The predicted molar refractivity (Wildman–Crippen MR) is 79.9 cm³/mol. The van der Waals surface area contributed by atoms with Crippen LogP contribution in [0.3, 0.4) is 0 Å². The lowest BCUT2D eigenvalue weighted by Gasteiger charge is -2.29. The number of alkyl halides is 1. The summed E-state index contributed by atoms with van der Waals surface area (Å²) in [7, 11) is 1.99. The normalized spacial score (nSPS) is 12.5. The van der Waals surface area contributed by atoms with Crippen LogP contribution in [0.1, 0.15) is 45.1 Å². The average molecular weight is 283 g/mol. The van der Waals surface area contributed by atoms with Gasteiger partial charge in [0.15, 0.2) is 5.65 Å². The lowest BCUT2D eigenvalue weighted by molar-refractivity contribution is 0.320. The van der Waals surface area contributed by atoms with Crippen LogP contribution in [0.2, 0.25) is 0 Å². The fourth-order valence-electron chi connectivity index (χ4n) is 2.93. The molecule has 0 spiro atoms. The Bertz CT molecular complexity index is 580. The summed E-state index contributed by atoms with van der Waals surface area (Å²) in [5.41, 5.74) is 3.13. The topological polar surface area (TPSA) is 35.6 Å². The predicted octanol–water partition coefficient (Wildman–Crippen LogP) is 3.39. The molecule has 0 fully saturated rings. The van der Waals surface area contributed by atoms with E-state index in [0.717, 1.165) is 41.9 Å². The van der Waals surface area contributed by atoms with Gasteiger partial charge in [-0.3, -0.25) is 4.68 Å². The molecule has 0 unspecified atom stereocenters. The van der Waals surface area contributed by atoms with Crippen LogP contribution in [0.5, 0.6) is 0 Å². The third kappa shape index (κ3) is 2.38. The molecule has 0 N–H and O–H groups in total. The van der Waals surface area contributed by atoms with Crippen molar-refractivity contribution in [1.29, 1.82) is 0 Å². The van der Waals surface area contributed by atoms with Crippen LogP contribution in [-0.2, 0) is 19.0 Å². The van der Waals surface area contributed by atoms with Crippen molar-refractivity contribution in [1.82, 2.24) is 19.3 Å². The van der Waals surface area contributed by atoms with Crippen molar-refractivity contribution in [3.05, 3.63) is 11.5 Å². The molecule has 0 aromatic carbocycles. The van der Waals surface area contributed by atoms with Gasteiger partial charge in [-0.25, -0.2) is 4.98 Å². The van der Waals surface area contributed by atoms with E-state index in [-0.39, 0.29) is 5.54 Å². The molecule has 0 aliphatic carbocycles. The van der Waals surface area contributed by atoms with E-state index >= 15 is 0 Å². The van der Waals surface area contributed by atoms with Crippen LogP contribution in [0.15, 0.2) is 0 Å². The second kappa shape index (κ2) is 5.16. The number of nitrogens with zero attached hydrogens (tertiary/aromatic N) is 4. The summed E-state index contributed by atoms with van der Waals surface area (Å²) in [6.07, 6.45) is 3.05. The third-order valence-corrected chi connectivity index (χ3v) is 3.85. The molecule has 5 heteroatoms. The van der Waals surface area contributed by atoms with Gasteiger partial charge in [-0.1, -0.05) is 13.3 Å².